The number of aliphatic hydroxyl groups is 1. The fraction of sp³-hybridized carbons (Fsp3) is 0.929. The molecule has 96 valence electrons. The van der Waals surface area contributed by atoms with Crippen LogP contribution in [0.15, 0.2) is 0 Å². The van der Waals surface area contributed by atoms with Crippen LogP contribution in [0.5, 0.6) is 0 Å². The molecule has 0 aliphatic heterocycles. The highest BCUT2D eigenvalue weighted by Gasteiger charge is 2.59. The first-order valence-electron chi connectivity index (χ1n) is 6.70. The standard InChI is InChI=1S/C14H23NO2/c1-11-5-7-13(9-15,8-6-11)14(16,10-17-2)12-3-4-12/h11-12,16H,3-8,10H2,1-2H3. The molecule has 0 radical (unpaired) electrons. The number of hydrogen-bond donors (Lipinski definition) is 1. The van der Waals surface area contributed by atoms with E-state index in [-0.39, 0.29) is 5.92 Å². The Morgan fingerprint density at radius 3 is 2.35 bits per heavy atom. The summed E-state index contributed by atoms with van der Waals surface area (Å²) in [6, 6.07) is 2.45. The quantitative estimate of drug-likeness (QED) is 0.817. The van der Waals surface area contributed by atoms with E-state index in [9.17, 15) is 10.4 Å². The van der Waals surface area contributed by atoms with Gasteiger partial charge in [0.1, 0.15) is 5.60 Å². The minimum atomic E-state index is -0.920. The van der Waals surface area contributed by atoms with Gasteiger partial charge in [-0.3, -0.25) is 0 Å². The van der Waals surface area contributed by atoms with E-state index < -0.39 is 11.0 Å². The van der Waals surface area contributed by atoms with Gasteiger partial charge in [-0.05, 0) is 50.4 Å². The fourth-order valence-electron chi connectivity index (χ4n) is 3.32. The van der Waals surface area contributed by atoms with Gasteiger partial charge >= 0.3 is 0 Å². The number of hydrogen-bond acceptors (Lipinski definition) is 3. The molecule has 3 nitrogen and oxygen atoms in total. The first-order valence-corrected chi connectivity index (χ1v) is 6.70. The smallest absolute Gasteiger partial charge is 0.109 e. The third kappa shape index (κ3) is 2.09. The van der Waals surface area contributed by atoms with Gasteiger partial charge in [-0.25, -0.2) is 0 Å². The molecule has 1 atom stereocenters. The molecule has 0 aromatic heterocycles. The van der Waals surface area contributed by atoms with Gasteiger partial charge < -0.3 is 9.84 Å². The summed E-state index contributed by atoms with van der Waals surface area (Å²) in [6.45, 7) is 2.54. The summed E-state index contributed by atoms with van der Waals surface area (Å²) in [5, 5.41) is 20.6. The van der Waals surface area contributed by atoms with Crippen LogP contribution in [0.3, 0.4) is 0 Å². The van der Waals surface area contributed by atoms with Crippen LogP contribution in [0, 0.1) is 28.6 Å². The zero-order valence-electron chi connectivity index (χ0n) is 10.9. The lowest BCUT2D eigenvalue weighted by Gasteiger charge is -2.46. The lowest BCUT2D eigenvalue weighted by Crippen LogP contribution is -2.54. The Labute approximate surface area is 104 Å². The fourth-order valence-corrected chi connectivity index (χ4v) is 3.32. The monoisotopic (exact) mass is 237 g/mol. The van der Waals surface area contributed by atoms with E-state index in [1.165, 1.54) is 0 Å². The Balaban J connectivity index is 2.23. The maximum absolute atomic E-state index is 11.0. The lowest BCUT2D eigenvalue weighted by atomic mass is 9.61. The highest BCUT2D eigenvalue weighted by atomic mass is 16.5. The van der Waals surface area contributed by atoms with Gasteiger partial charge in [-0.15, -0.1) is 0 Å². The summed E-state index contributed by atoms with van der Waals surface area (Å²) in [6.07, 6.45) is 5.82. The van der Waals surface area contributed by atoms with Crippen molar-refractivity contribution in [2.45, 2.75) is 51.0 Å². The van der Waals surface area contributed by atoms with Crippen molar-refractivity contribution < 1.29 is 9.84 Å². The van der Waals surface area contributed by atoms with Crippen molar-refractivity contribution in [1.82, 2.24) is 0 Å². The van der Waals surface area contributed by atoms with Crippen molar-refractivity contribution in [3.05, 3.63) is 0 Å². The summed E-state index contributed by atoms with van der Waals surface area (Å²) in [4.78, 5) is 0. The number of methoxy groups -OCH3 is 1. The highest BCUT2D eigenvalue weighted by Crippen LogP contribution is 2.55. The summed E-state index contributed by atoms with van der Waals surface area (Å²) < 4.78 is 5.21. The molecule has 2 saturated carbocycles. The molecule has 0 saturated heterocycles. The Kier molecular flexibility index (Phi) is 3.47. The molecule has 0 spiro atoms. The average Bonchev–Trinajstić information content (AvgIpc) is 3.14. The van der Waals surface area contributed by atoms with Gasteiger partial charge in [-0.1, -0.05) is 6.92 Å². The predicted octanol–water partition coefficient (Wildman–Crippen LogP) is 2.49. The third-order valence-corrected chi connectivity index (χ3v) is 4.79. The second kappa shape index (κ2) is 4.59. The van der Waals surface area contributed by atoms with Crippen LogP contribution in [0.4, 0.5) is 0 Å². The topological polar surface area (TPSA) is 53.2 Å². The molecule has 0 bridgehead atoms. The maximum atomic E-state index is 11.0. The molecule has 0 aromatic carbocycles. The van der Waals surface area contributed by atoms with E-state index in [4.69, 9.17) is 4.74 Å². The molecular weight excluding hydrogens is 214 g/mol. The SMILES string of the molecule is COCC(O)(C1CC1)C1(C#N)CCC(C)CC1. The molecule has 1 unspecified atom stereocenters. The maximum Gasteiger partial charge on any atom is 0.109 e. The molecule has 0 amide bonds. The second-order valence-corrected chi connectivity index (χ2v) is 6.01. The van der Waals surface area contributed by atoms with Gasteiger partial charge in [-0.2, -0.15) is 5.26 Å². The van der Waals surface area contributed by atoms with Gasteiger partial charge in [0, 0.05) is 7.11 Å². The zero-order valence-corrected chi connectivity index (χ0v) is 10.9. The number of ether oxygens (including phenoxy) is 1. The minimum Gasteiger partial charge on any atom is -0.386 e. The summed E-state index contributed by atoms with van der Waals surface area (Å²) in [7, 11) is 1.61. The van der Waals surface area contributed by atoms with Crippen LogP contribution in [-0.4, -0.2) is 24.4 Å². The minimum absolute atomic E-state index is 0.274. The number of rotatable bonds is 4. The van der Waals surface area contributed by atoms with Gasteiger partial charge in [0.05, 0.1) is 18.1 Å². The molecular formula is C14H23NO2. The molecule has 2 aliphatic rings. The van der Waals surface area contributed by atoms with E-state index in [1.54, 1.807) is 7.11 Å². The third-order valence-electron chi connectivity index (χ3n) is 4.79. The van der Waals surface area contributed by atoms with Crippen molar-refractivity contribution in [2.24, 2.45) is 17.3 Å². The Hall–Kier alpha value is -0.590. The van der Waals surface area contributed by atoms with Crippen LogP contribution < -0.4 is 0 Å². The average molecular weight is 237 g/mol. The van der Waals surface area contributed by atoms with Crippen molar-refractivity contribution >= 4 is 0 Å². The summed E-state index contributed by atoms with van der Waals surface area (Å²) >= 11 is 0. The first kappa shape index (κ1) is 12.9. The van der Waals surface area contributed by atoms with Gasteiger partial charge in [0.2, 0.25) is 0 Å². The molecule has 0 aromatic rings. The van der Waals surface area contributed by atoms with Crippen LogP contribution in [0.2, 0.25) is 0 Å². The van der Waals surface area contributed by atoms with E-state index in [0.29, 0.717) is 12.5 Å². The van der Waals surface area contributed by atoms with E-state index in [1.807, 2.05) is 0 Å². The Bertz CT molecular complexity index is 311. The van der Waals surface area contributed by atoms with E-state index in [0.717, 1.165) is 38.5 Å². The molecule has 2 aliphatic carbocycles. The molecule has 2 fully saturated rings. The van der Waals surface area contributed by atoms with Crippen LogP contribution in [-0.2, 0) is 4.74 Å². The number of nitrogens with zero attached hydrogens (tertiary/aromatic N) is 1. The van der Waals surface area contributed by atoms with Crippen LogP contribution >= 0.6 is 0 Å². The van der Waals surface area contributed by atoms with Gasteiger partial charge in [0.25, 0.3) is 0 Å². The summed E-state index contributed by atoms with van der Waals surface area (Å²) in [5.74, 6) is 0.956. The molecule has 1 N–H and O–H groups in total. The zero-order chi connectivity index (χ0) is 12.5. The molecule has 17 heavy (non-hydrogen) atoms. The van der Waals surface area contributed by atoms with Crippen molar-refractivity contribution in [3.63, 3.8) is 0 Å². The summed E-state index contributed by atoms with van der Waals surface area (Å²) in [5.41, 5.74) is -1.49. The highest BCUT2D eigenvalue weighted by molar-refractivity contribution is 5.17. The van der Waals surface area contributed by atoms with Crippen molar-refractivity contribution in [1.29, 1.82) is 5.26 Å². The predicted molar refractivity (Wildman–Crippen MR) is 65.2 cm³/mol. The molecule has 0 heterocycles. The van der Waals surface area contributed by atoms with Crippen molar-refractivity contribution in [2.75, 3.05) is 13.7 Å². The van der Waals surface area contributed by atoms with Crippen LogP contribution in [0.25, 0.3) is 0 Å². The largest absolute Gasteiger partial charge is 0.386 e. The van der Waals surface area contributed by atoms with Crippen LogP contribution in [0.1, 0.15) is 45.4 Å². The van der Waals surface area contributed by atoms with E-state index in [2.05, 4.69) is 13.0 Å². The Morgan fingerprint density at radius 1 is 1.35 bits per heavy atom. The normalized spacial score (nSPS) is 37.2. The van der Waals surface area contributed by atoms with E-state index >= 15 is 0 Å². The molecule has 3 heteroatoms. The Morgan fingerprint density at radius 2 is 1.94 bits per heavy atom. The number of nitriles is 1. The van der Waals surface area contributed by atoms with Crippen molar-refractivity contribution in [3.8, 4) is 6.07 Å². The van der Waals surface area contributed by atoms with Gasteiger partial charge in [0.15, 0.2) is 0 Å². The second-order valence-electron chi connectivity index (χ2n) is 6.01. The molecule has 2 rings (SSSR count). The first-order chi connectivity index (χ1) is 8.08. The lowest BCUT2D eigenvalue weighted by molar-refractivity contribution is -0.132.